The maximum Gasteiger partial charge on any atom is 0.312 e. The van der Waals surface area contributed by atoms with E-state index < -0.39 is 6.03 Å². The summed E-state index contributed by atoms with van der Waals surface area (Å²) in [6.07, 6.45) is 0. The Kier molecular flexibility index (Phi) is 4.42. The number of hydrogen-bond acceptors (Lipinski definition) is 3. The predicted molar refractivity (Wildman–Crippen MR) is 62.2 cm³/mol. The highest BCUT2D eigenvalue weighted by Crippen LogP contribution is 2.19. The highest BCUT2D eigenvalue weighted by Gasteiger charge is 2.00. The van der Waals surface area contributed by atoms with Gasteiger partial charge in [-0.25, -0.2) is 4.79 Å². The van der Waals surface area contributed by atoms with Gasteiger partial charge in [-0.3, -0.25) is 0 Å². The van der Waals surface area contributed by atoms with E-state index in [1.807, 2.05) is 6.07 Å². The molecule has 0 unspecified atom stereocenters. The summed E-state index contributed by atoms with van der Waals surface area (Å²) < 4.78 is 0. The number of nitrogens with two attached hydrogens (primary N) is 1. The minimum absolute atomic E-state index is 0.398. The lowest BCUT2D eigenvalue weighted by atomic mass is 10.2. The van der Waals surface area contributed by atoms with Gasteiger partial charge in [-0.15, -0.1) is 0 Å². The summed E-state index contributed by atoms with van der Waals surface area (Å²) in [6.45, 7) is 0.956. The second kappa shape index (κ2) is 5.83. The molecule has 0 bridgehead atoms. The smallest absolute Gasteiger partial charge is 0.312 e. The van der Waals surface area contributed by atoms with Gasteiger partial charge >= 0.3 is 6.03 Å². The molecule has 0 aliphatic carbocycles. The van der Waals surface area contributed by atoms with Crippen LogP contribution in [0.15, 0.2) is 18.2 Å². The fourth-order valence-corrected chi connectivity index (χ4v) is 1.33. The third kappa shape index (κ3) is 3.67. The van der Waals surface area contributed by atoms with Crippen molar-refractivity contribution in [3.8, 4) is 6.07 Å². The second-order valence-electron chi connectivity index (χ2n) is 3.02. The van der Waals surface area contributed by atoms with Crippen molar-refractivity contribution in [3.63, 3.8) is 0 Å². The van der Waals surface area contributed by atoms with Gasteiger partial charge < -0.3 is 16.4 Å². The number of carbonyl (C=O) groups is 1. The number of anilines is 1. The fraction of sp³-hybridized carbons (Fsp3) is 0.200. The van der Waals surface area contributed by atoms with Crippen LogP contribution in [0.2, 0.25) is 5.02 Å². The number of primary amides is 1. The van der Waals surface area contributed by atoms with Crippen LogP contribution in [0.3, 0.4) is 0 Å². The molecule has 0 fully saturated rings. The molecule has 84 valence electrons. The number of nitrogens with zero attached hydrogens (tertiary/aromatic N) is 1. The number of nitriles is 1. The Labute approximate surface area is 98.2 Å². The number of nitrogens with one attached hydrogen (secondary N) is 2. The zero-order valence-electron chi connectivity index (χ0n) is 8.46. The van der Waals surface area contributed by atoms with E-state index in [2.05, 4.69) is 10.6 Å². The third-order valence-corrected chi connectivity index (χ3v) is 2.16. The van der Waals surface area contributed by atoms with Crippen molar-refractivity contribution in [2.45, 2.75) is 0 Å². The van der Waals surface area contributed by atoms with Gasteiger partial charge in [0.1, 0.15) is 6.07 Å². The van der Waals surface area contributed by atoms with Gasteiger partial charge in [0.15, 0.2) is 0 Å². The Balaban J connectivity index is 2.47. The molecule has 0 spiro atoms. The topological polar surface area (TPSA) is 90.9 Å². The highest BCUT2D eigenvalue weighted by atomic mass is 35.5. The Hall–Kier alpha value is -1.93. The van der Waals surface area contributed by atoms with Gasteiger partial charge in [0.25, 0.3) is 0 Å². The van der Waals surface area contributed by atoms with Crippen LogP contribution >= 0.6 is 11.6 Å². The van der Waals surface area contributed by atoms with Gasteiger partial charge in [0, 0.05) is 18.8 Å². The highest BCUT2D eigenvalue weighted by molar-refractivity contribution is 6.32. The molecule has 0 aliphatic heterocycles. The average molecular weight is 239 g/mol. The molecule has 0 aliphatic rings. The monoisotopic (exact) mass is 238 g/mol. The third-order valence-electron chi connectivity index (χ3n) is 1.84. The molecular formula is C10H11ClN4O. The summed E-state index contributed by atoms with van der Waals surface area (Å²) in [5, 5.41) is 14.5. The summed E-state index contributed by atoms with van der Waals surface area (Å²) in [5.74, 6) is 0. The van der Waals surface area contributed by atoms with Crippen LogP contribution < -0.4 is 16.4 Å². The summed E-state index contributed by atoms with van der Waals surface area (Å²) in [7, 11) is 0. The molecule has 1 aromatic rings. The summed E-state index contributed by atoms with van der Waals surface area (Å²) in [6, 6.07) is 6.45. The minimum Gasteiger partial charge on any atom is -0.383 e. The zero-order valence-corrected chi connectivity index (χ0v) is 9.21. The van der Waals surface area contributed by atoms with Crippen molar-refractivity contribution in [1.82, 2.24) is 5.32 Å². The van der Waals surface area contributed by atoms with Crippen molar-refractivity contribution >= 4 is 23.3 Å². The first-order valence-electron chi connectivity index (χ1n) is 4.60. The molecule has 1 rings (SSSR count). The van der Waals surface area contributed by atoms with E-state index in [4.69, 9.17) is 22.6 Å². The van der Waals surface area contributed by atoms with Crippen LogP contribution in [0.5, 0.6) is 0 Å². The largest absolute Gasteiger partial charge is 0.383 e. The number of benzene rings is 1. The molecule has 0 radical (unpaired) electrons. The number of halogens is 1. The molecule has 0 saturated heterocycles. The number of hydrogen-bond donors (Lipinski definition) is 3. The van der Waals surface area contributed by atoms with Crippen LogP contribution in [0.25, 0.3) is 0 Å². The van der Waals surface area contributed by atoms with E-state index in [9.17, 15) is 4.79 Å². The lowest BCUT2D eigenvalue weighted by molar-refractivity contribution is 0.249. The Bertz CT molecular complexity index is 427. The van der Waals surface area contributed by atoms with Crippen LogP contribution in [0.4, 0.5) is 10.5 Å². The lowest BCUT2D eigenvalue weighted by Crippen LogP contribution is -2.33. The van der Waals surface area contributed by atoms with E-state index in [0.717, 1.165) is 5.69 Å². The summed E-state index contributed by atoms with van der Waals surface area (Å²) >= 11 is 5.84. The van der Waals surface area contributed by atoms with Gasteiger partial charge in [-0.2, -0.15) is 5.26 Å². The molecule has 5 nitrogen and oxygen atoms in total. The molecule has 6 heteroatoms. The minimum atomic E-state index is -0.556. The molecule has 0 heterocycles. The van der Waals surface area contributed by atoms with Crippen LogP contribution in [-0.4, -0.2) is 19.1 Å². The molecule has 16 heavy (non-hydrogen) atoms. The fourth-order valence-electron chi connectivity index (χ4n) is 1.11. The first kappa shape index (κ1) is 12.1. The molecule has 0 saturated carbocycles. The SMILES string of the molecule is N#Cc1ccc(NCCNC(N)=O)cc1Cl. The normalized spacial score (nSPS) is 9.25. The second-order valence-corrected chi connectivity index (χ2v) is 3.43. The number of amides is 2. The van der Waals surface area contributed by atoms with E-state index >= 15 is 0 Å². The number of urea groups is 1. The van der Waals surface area contributed by atoms with Crippen LogP contribution in [-0.2, 0) is 0 Å². The van der Waals surface area contributed by atoms with Crippen molar-refractivity contribution in [2.24, 2.45) is 5.73 Å². The maximum atomic E-state index is 10.4. The molecule has 2 amide bonds. The first-order chi connectivity index (χ1) is 7.63. The van der Waals surface area contributed by atoms with Gasteiger partial charge in [0.05, 0.1) is 10.6 Å². The molecule has 1 aromatic carbocycles. The van der Waals surface area contributed by atoms with Crippen LogP contribution in [0, 0.1) is 11.3 Å². The van der Waals surface area contributed by atoms with Crippen LogP contribution in [0.1, 0.15) is 5.56 Å². The van der Waals surface area contributed by atoms with E-state index in [0.29, 0.717) is 23.7 Å². The van der Waals surface area contributed by atoms with E-state index in [1.54, 1.807) is 18.2 Å². The van der Waals surface area contributed by atoms with Crippen molar-refractivity contribution in [3.05, 3.63) is 28.8 Å². The zero-order chi connectivity index (χ0) is 12.0. The quantitative estimate of drug-likeness (QED) is 0.691. The number of carbonyl (C=O) groups excluding carboxylic acids is 1. The molecule has 0 atom stereocenters. The molecule has 0 aromatic heterocycles. The predicted octanol–water partition coefficient (Wildman–Crippen LogP) is 1.29. The van der Waals surface area contributed by atoms with Crippen molar-refractivity contribution in [2.75, 3.05) is 18.4 Å². The number of rotatable bonds is 4. The summed E-state index contributed by atoms with van der Waals surface area (Å²) in [5.41, 5.74) is 6.12. The van der Waals surface area contributed by atoms with Gasteiger partial charge in [-0.05, 0) is 18.2 Å². The molecule has 4 N–H and O–H groups in total. The van der Waals surface area contributed by atoms with Crippen molar-refractivity contribution in [1.29, 1.82) is 5.26 Å². The van der Waals surface area contributed by atoms with E-state index in [1.165, 1.54) is 0 Å². The average Bonchev–Trinajstić information content (AvgIpc) is 2.24. The molecular weight excluding hydrogens is 228 g/mol. The lowest BCUT2D eigenvalue weighted by Gasteiger charge is -2.07. The Morgan fingerprint density at radius 1 is 1.50 bits per heavy atom. The first-order valence-corrected chi connectivity index (χ1v) is 4.98. The maximum absolute atomic E-state index is 10.4. The van der Waals surface area contributed by atoms with E-state index in [-0.39, 0.29) is 0 Å². The standard InChI is InChI=1S/C10H11ClN4O/c11-9-5-8(2-1-7(9)6-12)14-3-4-15-10(13)16/h1-2,5,14H,3-4H2,(H3,13,15,16). The van der Waals surface area contributed by atoms with Gasteiger partial charge in [0.2, 0.25) is 0 Å². The Morgan fingerprint density at radius 2 is 2.25 bits per heavy atom. The summed E-state index contributed by atoms with van der Waals surface area (Å²) in [4.78, 5) is 10.4. The van der Waals surface area contributed by atoms with Gasteiger partial charge in [-0.1, -0.05) is 11.6 Å². The Morgan fingerprint density at radius 3 is 2.81 bits per heavy atom. The van der Waals surface area contributed by atoms with Crippen molar-refractivity contribution < 1.29 is 4.79 Å².